The second-order valence-corrected chi connectivity index (χ2v) is 7.68. The fraction of sp³-hybridized carbons (Fsp3) is 0.409. The highest BCUT2D eigenvalue weighted by Crippen LogP contribution is 2.43. The third-order valence-corrected chi connectivity index (χ3v) is 4.52. The molecule has 0 amide bonds. The molecule has 4 heteroatoms. The van der Waals surface area contributed by atoms with Crippen LogP contribution in [-0.4, -0.2) is 11.8 Å². The van der Waals surface area contributed by atoms with Crippen LogP contribution in [0.25, 0.3) is 0 Å². The predicted molar refractivity (Wildman–Crippen MR) is 100 cm³/mol. The average molecular weight is 354 g/mol. The molecule has 0 N–H and O–H groups in total. The molecule has 26 heavy (non-hydrogen) atoms. The Morgan fingerprint density at radius 1 is 1.08 bits per heavy atom. The first-order valence-corrected chi connectivity index (χ1v) is 8.95. The molecule has 3 rings (SSSR count). The standard InChI is InChI=1S/C22H26O4/c1-15-13-19-18(21(2,3)26-22(4,5)25-19)14-16(15)11-12-20(23)24-17-9-7-6-8-10-17/h6-10,13-14H,11-12H2,1-5H3. The lowest BCUT2D eigenvalue weighted by Crippen LogP contribution is -2.44. The van der Waals surface area contributed by atoms with E-state index in [9.17, 15) is 4.79 Å². The molecule has 0 aliphatic carbocycles. The Bertz CT molecular complexity index is 806. The molecule has 0 bridgehead atoms. The van der Waals surface area contributed by atoms with Crippen LogP contribution in [0.15, 0.2) is 42.5 Å². The minimum atomic E-state index is -0.663. The van der Waals surface area contributed by atoms with Crippen molar-refractivity contribution in [2.45, 2.75) is 58.8 Å². The molecule has 0 saturated carbocycles. The summed E-state index contributed by atoms with van der Waals surface area (Å²) in [7, 11) is 0. The van der Waals surface area contributed by atoms with Crippen molar-refractivity contribution in [1.82, 2.24) is 0 Å². The van der Waals surface area contributed by atoms with Crippen LogP contribution in [0.2, 0.25) is 0 Å². The zero-order chi connectivity index (χ0) is 18.9. The zero-order valence-corrected chi connectivity index (χ0v) is 16.1. The van der Waals surface area contributed by atoms with E-state index >= 15 is 0 Å². The highest BCUT2D eigenvalue weighted by atomic mass is 16.7. The minimum absolute atomic E-state index is 0.235. The molecular weight excluding hydrogens is 328 g/mol. The molecule has 0 radical (unpaired) electrons. The quantitative estimate of drug-likeness (QED) is 0.578. The van der Waals surface area contributed by atoms with Crippen LogP contribution in [0.4, 0.5) is 0 Å². The number of rotatable bonds is 4. The number of fused-ring (bicyclic) bond motifs is 1. The van der Waals surface area contributed by atoms with Gasteiger partial charge >= 0.3 is 5.97 Å². The first kappa shape index (κ1) is 18.5. The van der Waals surface area contributed by atoms with Gasteiger partial charge < -0.3 is 14.2 Å². The highest BCUT2D eigenvalue weighted by Gasteiger charge is 2.40. The number of aryl methyl sites for hydroxylation is 2. The van der Waals surface area contributed by atoms with E-state index < -0.39 is 11.4 Å². The number of hydrogen-bond donors (Lipinski definition) is 0. The van der Waals surface area contributed by atoms with E-state index in [1.807, 2.05) is 58.9 Å². The molecule has 0 atom stereocenters. The Kier molecular flexibility index (Phi) is 4.80. The van der Waals surface area contributed by atoms with Crippen molar-refractivity contribution in [3.8, 4) is 11.5 Å². The van der Waals surface area contributed by atoms with Gasteiger partial charge in [-0.05, 0) is 62.6 Å². The topological polar surface area (TPSA) is 44.8 Å². The maximum atomic E-state index is 12.1. The first-order valence-electron chi connectivity index (χ1n) is 8.95. The summed E-state index contributed by atoms with van der Waals surface area (Å²) in [5, 5.41) is 0. The number of carbonyl (C=O) groups is 1. The van der Waals surface area contributed by atoms with Gasteiger partial charge in [-0.25, -0.2) is 0 Å². The average Bonchev–Trinajstić information content (AvgIpc) is 2.52. The van der Waals surface area contributed by atoms with Gasteiger partial charge in [-0.3, -0.25) is 4.79 Å². The van der Waals surface area contributed by atoms with E-state index in [1.165, 1.54) is 0 Å². The number of carbonyl (C=O) groups excluding carboxylic acids is 1. The van der Waals surface area contributed by atoms with Gasteiger partial charge in [0.25, 0.3) is 0 Å². The van der Waals surface area contributed by atoms with Crippen molar-refractivity contribution >= 4 is 5.97 Å². The van der Waals surface area contributed by atoms with Gasteiger partial charge in [0.15, 0.2) is 0 Å². The summed E-state index contributed by atoms with van der Waals surface area (Å²) in [5.74, 6) is 0.523. The largest absolute Gasteiger partial charge is 0.463 e. The molecule has 4 nitrogen and oxygen atoms in total. The fourth-order valence-corrected chi connectivity index (χ4v) is 3.41. The van der Waals surface area contributed by atoms with Crippen LogP contribution < -0.4 is 9.47 Å². The van der Waals surface area contributed by atoms with Crippen LogP contribution >= 0.6 is 0 Å². The van der Waals surface area contributed by atoms with Gasteiger partial charge in [0, 0.05) is 25.8 Å². The molecule has 0 saturated heterocycles. The fourth-order valence-electron chi connectivity index (χ4n) is 3.41. The summed E-state index contributed by atoms with van der Waals surface area (Å²) >= 11 is 0. The first-order chi connectivity index (χ1) is 12.2. The van der Waals surface area contributed by atoms with Crippen LogP contribution in [0, 0.1) is 6.92 Å². The van der Waals surface area contributed by atoms with Gasteiger partial charge in [-0.2, -0.15) is 0 Å². The number of esters is 1. The van der Waals surface area contributed by atoms with Gasteiger partial charge in [0.2, 0.25) is 5.79 Å². The van der Waals surface area contributed by atoms with Crippen LogP contribution in [0.1, 0.15) is 50.8 Å². The normalized spacial score (nSPS) is 17.1. The smallest absolute Gasteiger partial charge is 0.311 e. The van der Waals surface area contributed by atoms with E-state index in [2.05, 4.69) is 6.07 Å². The molecular formula is C22H26O4. The number of hydrogen-bond acceptors (Lipinski definition) is 4. The molecule has 0 spiro atoms. The Balaban J connectivity index is 1.74. The number of benzene rings is 2. The Morgan fingerprint density at radius 2 is 1.77 bits per heavy atom. The van der Waals surface area contributed by atoms with Crippen molar-refractivity contribution in [3.63, 3.8) is 0 Å². The summed E-state index contributed by atoms with van der Waals surface area (Å²) in [6.07, 6.45) is 0.937. The van der Waals surface area contributed by atoms with E-state index in [0.29, 0.717) is 18.6 Å². The van der Waals surface area contributed by atoms with Crippen molar-refractivity contribution in [2.75, 3.05) is 0 Å². The third kappa shape index (κ3) is 4.07. The van der Waals surface area contributed by atoms with E-state index in [1.54, 1.807) is 12.1 Å². The maximum Gasteiger partial charge on any atom is 0.311 e. The second kappa shape index (κ2) is 6.76. The lowest BCUT2D eigenvalue weighted by Gasteiger charge is -2.43. The summed E-state index contributed by atoms with van der Waals surface area (Å²) < 4.78 is 17.4. The summed E-state index contributed by atoms with van der Waals surface area (Å²) in [6.45, 7) is 9.95. The van der Waals surface area contributed by atoms with Crippen LogP contribution in [0.5, 0.6) is 11.5 Å². The monoisotopic (exact) mass is 354 g/mol. The molecule has 1 aliphatic heterocycles. The molecule has 0 unspecified atom stereocenters. The van der Waals surface area contributed by atoms with E-state index in [0.717, 1.165) is 22.4 Å². The molecule has 1 heterocycles. The van der Waals surface area contributed by atoms with E-state index in [-0.39, 0.29) is 5.97 Å². The van der Waals surface area contributed by atoms with Crippen LogP contribution in [0.3, 0.4) is 0 Å². The van der Waals surface area contributed by atoms with Gasteiger partial charge in [0.05, 0.1) is 5.60 Å². The van der Waals surface area contributed by atoms with Gasteiger partial charge in [-0.15, -0.1) is 0 Å². The molecule has 2 aromatic rings. The van der Waals surface area contributed by atoms with E-state index in [4.69, 9.17) is 14.2 Å². The Hall–Kier alpha value is -2.33. The van der Waals surface area contributed by atoms with Crippen LogP contribution in [-0.2, 0) is 21.6 Å². The molecule has 0 aromatic heterocycles. The zero-order valence-electron chi connectivity index (χ0n) is 16.1. The lowest BCUT2D eigenvalue weighted by atomic mass is 9.90. The SMILES string of the molecule is Cc1cc2c(cc1CCC(=O)Oc1ccccc1)C(C)(C)OC(C)(C)O2. The summed E-state index contributed by atoms with van der Waals surface area (Å²) in [5.41, 5.74) is 2.76. The second-order valence-electron chi connectivity index (χ2n) is 7.68. The third-order valence-electron chi connectivity index (χ3n) is 4.52. The maximum absolute atomic E-state index is 12.1. The molecule has 1 aliphatic rings. The summed E-state index contributed by atoms with van der Waals surface area (Å²) in [6, 6.07) is 13.3. The Labute approximate surface area is 155 Å². The van der Waals surface area contributed by atoms with Crippen molar-refractivity contribution in [3.05, 3.63) is 59.2 Å². The van der Waals surface area contributed by atoms with Crippen molar-refractivity contribution in [2.24, 2.45) is 0 Å². The lowest BCUT2D eigenvalue weighted by molar-refractivity contribution is -0.241. The molecule has 0 fully saturated rings. The van der Waals surface area contributed by atoms with Gasteiger partial charge in [0.1, 0.15) is 11.5 Å². The van der Waals surface area contributed by atoms with Crippen molar-refractivity contribution < 1.29 is 19.0 Å². The summed E-state index contributed by atoms with van der Waals surface area (Å²) in [4.78, 5) is 12.1. The highest BCUT2D eigenvalue weighted by molar-refractivity contribution is 5.72. The van der Waals surface area contributed by atoms with Crippen molar-refractivity contribution in [1.29, 1.82) is 0 Å². The van der Waals surface area contributed by atoms with Gasteiger partial charge in [-0.1, -0.05) is 18.2 Å². The predicted octanol–water partition coefficient (Wildman–Crippen LogP) is 4.91. The number of ether oxygens (including phenoxy) is 3. The number of para-hydroxylation sites is 1. The minimum Gasteiger partial charge on any atom is -0.463 e. The Morgan fingerprint density at radius 3 is 2.46 bits per heavy atom. The molecule has 2 aromatic carbocycles. The molecule has 138 valence electrons.